The van der Waals surface area contributed by atoms with Crippen LogP contribution in [-0.2, 0) is 0 Å². The molecule has 1 heterocycles. The fraction of sp³-hybridized carbons (Fsp3) is 0.556. The molecule has 1 aromatic rings. The minimum absolute atomic E-state index is 0. The Kier molecular flexibility index (Phi) is 6.04. The van der Waals surface area contributed by atoms with Crippen LogP contribution in [0.5, 0.6) is 0 Å². The van der Waals surface area contributed by atoms with Gasteiger partial charge in [0.05, 0.1) is 6.10 Å². The molecule has 0 saturated carbocycles. The van der Waals surface area contributed by atoms with Crippen molar-refractivity contribution in [1.29, 1.82) is 0 Å². The van der Waals surface area contributed by atoms with Crippen molar-refractivity contribution in [2.45, 2.75) is 12.5 Å². The average molecular weight is 196 g/mol. The zero-order valence-corrected chi connectivity index (χ0v) is 8.92. The van der Waals surface area contributed by atoms with E-state index in [-0.39, 0.29) is 14.5 Å². The van der Waals surface area contributed by atoms with Gasteiger partial charge in [-0.25, -0.2) is 0 Å². The molecule has 4 heteroatoms. The number of aliphatic hydroxyl groups is 1. The molecule has 1 atom stereocenters. The van der Waals surface area contributed by atoms with Crippen molar-refractivity contribution in [3.63, 3.8) is 0 Å². The van der Waals surface area contributed by atoms with Crippen LogP contribution >= 0.6 is 11.3 Å². The molecule has 0 amide bonds. The highest BCUT2D eigenvalue weighted by Crippen LogP contribution is 2.21. The molecule has 0 aliphatic carbocycles. The Morgan fingerprint density at radius 1 is 1.54 bits per heavy atom. The first-order valence-electron chi connectivity index (χ1n) is 4.06. The lowest BCUT2D eigenvalue weighted by atomic mass is 10.2. The molecule has 71 valence electrons. The summed E-state index contributed by atoms with van der Waals surface area (Å²) in [4.78, 5) is 3.15. The highest BCUT2D eigenvalue weighted by atomic mass is 32.1. The predicted molar refractivity (Wildman–Crippen MR) is 58.2 cm³/mol. The number of rotatable bonds is 4. The van der Waals surface area contributed by atoms with Crippen LogP contribution < -0.4 is 0 Å². The minimum Gasteiger partial charge on any atom is -0.388 e. The topological polar surface area (TPSA) is 23.5 Å². The summed E-state index contributed by atoms with van der Waals surface area (Å²) in [7, 11) is 4.03. The van der Waals surface area contributed by atoms with Crippen LogP contribution in [0.25, 0.3) is 0 Å². The Labute approximate surface area is 85.8 Å². The van der Waals surface area contributed by atoms with Gasteiger partial charge in [-0.3, -0.25) is 0 Å². The Hall–Kier alpha value is -0.315. The van der Waals surface area contributed by atoms with Gasteiger partial charge < -0.3 is 10.0 Å². The van der Waals surface area contributed by atoms with E-state index < -0.39 is 0 Å². The van der Waals surface area contributed by atoms with Gasteiger partial charge in [0.1, 0.15) is 0 Å². The van der Waals surface area contributed by atoms with Crippen LogP contribution in [0.4, 0.5) is 0 Å². The summed E-state index contributed by atoms with van der Waals surface area (Å²) in [5.74, 6) is 0. The number of hydrogen-bond acceptors (Lipinski definition) is 3. The van der Waals surface area contributed by atoms with E-state index in [1.165, 1.54) is 0 Å². The van der Waals surface area contributed by atoms with E-state index >= 15 is 0 Å². The van der Waals surface area contributed by atoms with Gasteiger partial charge in [0.2, 0.25) is 0 Å². The number of thiophene rings is 1. The van der Waals surface area contributed by atoms with Crippen LogP contribution in [0.15, 0.2) is 17.5 Å². The van der Waals surface area contributed by atoms with Gasteiger partial charge in [0.15, 0.2) is 0 Å². The fourth-order valence-electron chi connectivity index (χ4n) is 1.00. The maximum atomic E-state index is 9.64. The van der Waals surface area contributed by atoms with E-state index in [0.717, 1.165) is 17.8 Å². The van der Waals surface area contributed by atoms with E-state index in [9.17, 15) is 5.11 Å². The molecular formula is C9H15BNOS. The molecule has 0 unspecified atom stereocenters. The van der Waals surface area contributed by atoms with E-state index in [1.54, 1.807) is 11.3 Å². The van der Waals surface area contributed by atoms with Crippen LogP contribution in [0, 0.1) is 0 Å². The summed E-state index contributed by atoms with van der Waals surface area (Å²) >= 11 is 1.61. The number of hydrogen-bond donors (Lipinski definition) is 1. The first kappa shape index (κ1) is 12.7. The van der Waals surface area contributed by atoms with E-state index in [1.807, 2.05) is 31.6 Å². The summed E-state index contributed by atoms with van der Waals surface area (Å²) in [6.07, 6.45) is 0.528. The van der Waals surface area contributed by atoms with Gasteiger partial charge in [-0.1, -0.05) is 6.07 Å². The molecule has 0 saturated heterocycles. The first-order valence-corrected chi connectivity index (χ1v) is 4.94. The third kappa shape index (κ3) is 4.46. The van der Waals surface area contributed by atoms with Crippen molar-refractivity contribution in [3.8, 4) is 0 Å². The van der Waals surface area contributed by atoms with Crippen LogP contribution in [0.1, 0.15) is 17.4 Å². The van der Waals surface area contributed by atoms with Gasteiger partial charge >= 0.3 is 0 Å². The second-order valence-electron chi connectivity index (χ2n) is 3.12. The highest BCUT2D eigenvalue weighted by Gasteiger charge is 2.07. The molecule has 13 heavy (non-hydrogen) atoms. The highest BCUT2D eigenvalue weighted by molar-refractivity contribution is 7.10. The second-order valence-corrected chi connectivity index (χ2v) is 4.10. The van der Waals surface area contributed by atoms with Crippen molar-refractivity contribution < 1.29 is 5.11 Å². The Balaban J connectivity index is 0.00000144. The molecule has 3 radical (unpaired) electrons. The Morgan fingerprint density at radius 2 is 2.23 bits per heavy atom. The van der Waals surface area contributed by atoms with Crippen molar-refractivity contribution in [2.75, 3.05) is 20.6 Å². The lowest BCUT2D eigenvalue weighted by molar-refractivity contribution is 0.158. The van der Waals surface area contributed by atoms with Crippen LogP contribution in [-0.4, -0.2) is 39.1 Å². The van der Waals surface area contributed by atoms with Gasteiger partial charge in [-0.2, -0.15) is 0 Å². The van der Waals surface area contributed by atoms with Crippen molar-refractivity contribution in [1.82, 2.24) is 4.90 Å². The van der Waals surface area contributed by atoms with E-state index in [4.69, 9.17) is 0 Å². The summed E-state index contributed by atoms with van der Waals surface area (Å²) in [6.45, 7) is 0.930. The molecule has 0 fully saturated rings. The summed E-state index contributed by atoms with van der Waals surface area (Å²) in [5.41, 5.74) is 0. The fourth-order valence-corrected chi connectivity index (χ4v) is 1.75. The largest absolute Gasteiger partial charge is 0.388 e. The Bertz CT molecular complexity index is 213. The molecule has 2 nitrogen and oxygen atoms in total. The monoisotopic (exact) mass is 196 g/mol. The summed E-state index contributed by atoms with van der Waals surface area (Å²) in [6, 6.07) is 3.95. The van der Waals surface area contributed by atoms with E-state index in [2.05, 4.69) is 4.90 Å². The Morgan fingerprint density at radius 3 is 2.69 bits per heavy atom. The lowest BCUT2D eigenvalue weighted by Crippen LogP contribution is -2.15. The molecule has 0 aliphatic heterocycles. The second kappa shape index (κ2) is 6.19. The number of aliphatic hydroxyl groups excluding tert-OH is 1. The quantitative estimate of drug-likeness (QED) is 0.735. The van der Waals surface area contributed by atoms with Crippen molar-refractivity contribution >= 4 is 19.7 Å². The zero-order chi connectivity index (χ0) is 8.97. The van der Waals surface area contributed by atoms with Crippen LogP contribution in [0.3, 0.4) is 0 Å². The molecule has 1 rings (SSSR count). The number of nitrogens with zero attached hydrogens (tertiary/aromatic N) is 1. The third-order valence-electron chi connectivity index (χ3n) is 1.72. The van der Waals surface area contributed by atoms with Gasteiger partial charge in [0, 0.05) is 19.8 Å². The normalized spacial score (nSPS) is 12.6. The molecular weight excluding hydrogens is 181 g/mol. The predicted octanol–water partition coefficient (Wildman–Crippen LogP) is 1.35. The minimum atomic E-state index is -0.285. The SMILES string of the molecule is CN(C)CC[C@H](O)c1cccs1.[B]. The van der Waals surface area contributed by atoms with Gasteiger partial charge in [-0.05, 0) is 32.0 Å². The van der Waals surface area contributed by atoms with Crippen LogP contribution in [0.2, 0.25) is 0 Å². The smallest absolute Gasteiger partial charge is 0.0894 e. The molecule has 0 bridgehead atoms. The summed E-state index contributed by atoms with van der Waals surface area (Å²) < 4.78 is 0. The average Bonchev–Trinajstić information content (AvgIpc) is 2.51. The molecule has 0 aromatic carbocycles. The van der Waals surface area contributed by atoms with Gasteiger partial charge in [-0.15, -0.1) is 11.3 Å². The standard InChI is InChI=1S/C9H15NOS.B/c1-10(2)6-5-8(11)9-4-3-7-12-9;/h3-4,7-8,11H,5-6H2,1-2H3;/t8-;/m0./s1. The van der Waals surface area contributed by atoms with Crippen molar-refractivity contribution in [2.24, 2.45) is 0 Å². The molecule has 1 aromatic heterocycles. The summed E-state index contributed by atoms with van der Waals surface area (Å²) in [5, 5.41) is 11.6. The zero-order valence-electron chi connectivity index (χ0n) is 8.10. The first-order chi connectivity index (χ1) is 5.70. The van der Waals surface area contributed by atoms with E-state index in [0.29, 0.717) is 0 Å². The third-order valence-corrected chi connectivity index (χ3v) is 2.69. The molecule has 1 N–H and O–H groups in total. The van der Waals surface area contributed by atoms with Gasteiger partial charge in [0.25, 0.3) is 0 Å². The molecule has 0 aliphatic rings. The lowest BCUT2D eigenvalue weighted by Gasteiger charge is -2.12. The maximum Gasteiger partial charge on any atom is 0.0894 e. The van der Waals surface area contributed by atoms with Crippen molar-refractivity contribution in [3.05, 3.63) is 22.4 Å². The maximum absolute atomic E-state index is 9.64. The molecule has 0 spiro atoms.